The van der Waals surface area contributed by atoms with E-state index >= 15 is 0 Å². The Labute approximate surface area is 180 Å². The van der Waals surface area contributed by atoms with Gasteiger partial charge in [0.25, 0.3) is 0 Å². The number of carbonyl (C=O) groups excluding carboxylic acids is 2. The first kappa shape index (κ1) is 28.4. The van der Waals surface area contributed by atoms with Crippen LogP contribution in [-0.2, 0) is 35.6 Å². The third-order valence-electron chi connectivity index (χ3n) is 3.87. The topological polar surface area (TPSA) is 107 Å². The molecule has 16 heteroatoms. The molecule has 0 amide bonds. The summed E-state index contributed by atoms with van der Waals surface area (Å²) in [5.41, 5.74) is -2.20. The Bertz CT molecular complexity index is 1010. The molecule has 0 aliphatic heterocycles. The summed E-state index contributed by atoms with van der Waals surface area (Å²) in [5, 5.41) is -5.47. The number of ether oxygens (including phenoxy) is 2. The Morgan fingerprint density at radius 2 is 1.48 bits per heavy atom. The molecule has 1 aromatic carbocycles. The Hall–Kier alpha value is -2.59. The van der Waals surface area contributed by atoms with Gasteiger partial charge in [0, 0.05) is 6.42 Å². The molecule has 0 saturated heterocycles. The van der Waals surface area contributed by atoms with Gasteiger partial charge in [-0.25, -0.2) is 4.79 Å². The summed E-state index contributed by atoms with van der Waals surface area (Å²) in [6, 6.07) is 4.81. The van der Waals surface area contributed by atoms with E-state index in [1.807, 2.05) is 0 Å². The average Bonchev–Trinajstić information content (AvgIpc) is 2.63. The number of carbonyl (C=O) groups is 2. The van der Waals surface area contributed by atoms with Crippen molar-refractivity contribution in [2.24, 2.45) is 0 Å². The van der Waals surface area contributed by atoms with E-state index in [1.165, 1.54) is 12.1 Å². The van der Waals surface area contributed by atoms with Gasteiger partial charge in [0.1, 0.15) is 12.2 Å². The molecule has 0 saturated carbocycles. The first-order chi connectivity index (χ1) is 14.6. The lowest BCUT2D eigenvalue weighted by Gasteiger charge is -2.34. The molecule has 0 fully saturated rings. The minimum atomic E-state index is -6.40. The lowest BCUT2D eigenvalue weighted by molar-refractivity contribution is -0.352. The van der Waals surface area contributed by atoms with Gasteiger partial charge in [0.05, 0.1) is 0 Å². The van der Waals surface area contributed by atoms with Crippen LogP contribution in [-0.4, -0.2) is 54.7 Å². The molecule has 0 spiro atoms. The van der Waals surface area contributed by atoms with E-state index in [2.05, 4.69) is 16.1 Å². The van der Waals surface area contributed by atoms with Crippen molar-refractivity contribution in [3.8, 4) is 0 Å². The molecular weight excluding hydrogens is 500 g/mol. The fourth-order valence-electron chi connectivity index (χ4n) is 2.04. The van der Waals surface area contributed by atoms with E-state index < -0.39 is 63.9 Å². The first-order valence-electron chi connectivity index (χ1n) is 8.28. The predicted molar refractivity (Wildman–Crippen MR) is 92.4 cm³/mol. The number of alkyl halides is 8. The number of rotatable bonds is 9. The zero-order valence-electron chi connectivity index (χ0n) is 16.3. The summed E-state index contributed by atoms with van der Waals surface area (Å²) in [4.78, 5) is 24.1. The number of hydrogen-bond acceptors (Lipinski definition) is 6. The van der Waals surface area contributed by atoms with Gasteiger partial charge in [0.2, 0.25) is 5.78 Å². The highest BCUT2D eigenvalue weighted by atomic mass is 32.2. The van der Waals surface area contributed by atoms with Crippen molar-refractivity contribution in [1.29, 1.82) is 0 Å². The van der Waals surface area contributed by atoms with Gasteiger partial charge in [0.15, 0.2) is 0 Å². The minimum Gasteiger partial charge on any atom is -0.413 e. The second-order valence-corrected chi connectivity index (χ2v) is 8.01. The van der Waals surface area contributed by atoms with Crippen molar-refractivity contribution in [2.45, 2.75) is 36.7 Å². The van der Waals surface area contributed by atoms with Crippen molar-refractivity contribution in [3.63, 3.8) is 0 Å². The maximum Gasteiger partial charge on any atom is 0.464 e. The lowest BCUT2D eigenvalue weighted by atomic mass is 10.0. The van der Waals surface area contributed by atoms with Crippen LogP contribution in [0.5, 0.6) is 0 Å². The van der Waals surface area contributed by atoms with Crippen LogP contribution in [0.3, 0.4) is 0 Å². The van der Waals surface area contributed by atoms with E-state index in [4.69, 9.17) is 4.55 Å². The highest BCUT2D eigenvalue weighted by Gasteiger charge is 2.67. The molecule has 1 atom stereocenters. The highest BCUT2D eigenvalue weighted by Crippen LogP contribution is 2.40. The number of ketones is 1. The van der Waals surface area contributed by atoms with Crippen molar-refractivity contribution < 1.29 is 67.2 Å². The van der Waals surface area contributed by atoms with E-state index in [1.54, 1.807) is 6.92 Å². The summed E-state index contributed by atoms with van der Waals surface area (Å²) < 4.78 is 143. The smallest absolute Gasteiger partial charge is 0.413 e. The van der Waals surface area contributed by atoms with Gasteiger partial charge in [-0.15, -0.1) is 0 Å². The molecule has 1 N–H and O–H groups in total. The summed E-state index contributed by atoms with van der Waals surface area (Å²) in [6.45, 7) is 0.808. The summed E-state index contributed by atoms with van der Waals surface area (Å²) >= 11 is 0. The first-order valence-corrected chi connectivity index (χ1v) is 9.72. The van der Waals surface area contributed by atoms with Crippen molar-refractivity contribution in [3.05, 3.63) is 47.5 Å². The standard InChI is InChI=1S/C17H14F8O7S/c1-9-3-5-11(6-4-9)7-12(26)15(17(23,24)25,31-8-14(18,19)33(28,29)30)32-13(27)10(2)16(20,21)22/h3-6H,2,7-8H2,1H3,(H,28,29,30). The Morgan fingerprint density at radius 3 is 1.88 bits per heavy atom. The van der Waals surface area contributed by atoms with Crippen LogP contribution >= 0.6 is 0 Å². The number of halogens is 8. The quantitative estimate of drug-likeness (QED) is 0.177. The molecule has 33 heavy (non-hydrogen) atoms. The van der Waals surface area contributed by atoms with Crippen LogP contribution < -0.4 is 0 Å². The molecule has 1 unspecified atom stereocenters. The molecule has 0 heterocycles. The second kappa shape index (κ2) is 9.34. The highest BCUT2D eigenvalue weighted by molar-refractivity contribution is 7.86. The van der Waals surface area contributed by atoms with Crippen LogP contribution in [0, 0.1) is 6.92 Å². The number of esters is 1. The number of aryl methyl sites for hydroxylation is 1. The van der Waals surface area contributed by atoms with Gasteiger partial charge in [-0.2, -0.15) is 43.5 Å². The Morgan fingerprint density at radius 1 is 1.00 bits per heavy atom. The molecule has 0 radical (unpaired) electrons. The summed E-state index contributed by atoms with van der Waals surface area (Å²) in [7, 11) is -6.40. The maximum absolute atomic E-state index is 13.8. The van der Waals surface area contributed by atoms with Crippen LogP contribution in [0.15, 0.2) is 36.4 Å². The number of Topliss-reactive ketones (excluding diaryl/α,β-unsaturated/α-hetero) is 1. The molecule has 186 valence electrons. The Balaban J connectivity index is 3.54. The zero-order chi connectivity index (χ0) is 26.0. The predicted octanol–water partition coefficient (Wildman–Crippen LogP) is 3.52. The van der Waals surface area contributed by atoms with E-state index in [0.29, 0.717) is 5.56 Å². The monoisotopic (exact) mass is 514 g/mol. The summed E-state index contributed by atoms with van der Waals surface area (Å²) in [5.74, 6) is -10.4. The van der Waals surface area contributed by atoms with Crippen molar-refractivity contribution in [2.75, 3.05) is 6.61 Å². The van der Waals surface area contributed by atoms with E-state index in [-0.39, 0.29) is 5.56 Å². The van der Waals surface area contributed by atoms with Crippen LogP contribution in [0.25, 0.3) is 0 Å². The zero-order valence-corrected chi connectivity index (χ0v) is 17.1. The molecule has 0 aliphatic carbocycles. The van der Waals surface area contributed by atoms with Gasteiger partial charge in [-0.1, -0.05) is 36.4 Å². The third kappa shape index (κ3) is 6.70. The van der Waals surface area contributed by atoms with E-state index in [0.717, 1.165) is 12.1 Å². The second-order valence-electron chi connectivity index (χ2n) is 6.47. The van der Waals surface area contributed by atoms with Crippen molar-refractivity contribution in [1.82, 2.24) is 0 Å². The molecular formula is C17H14F8O7S. The van der Waals surface area contributed by atoms with Crippen molar-refractivity contribution >= 4 is 21.9 Å². The Kier molecular flexibility index (Phi) is 8.05. The van der Waals surface area contributed by atoms with Crippen LogP contribution in [0.2, 0.25) is 0 Å². The molecule has 0 aromatic heterocycles. The molecule has 1 rings (SSSR count). The van der Waals surface area contributed by atoms with Gasteiger partial charge >= 0.3 is 39.5 Å². The molecule has 7 nitrogen and oxygen atoms in total. The van der Waals surface area contributed by atoms with Crippen LogP contribution in [0.4, 0.5) is 35.1 Å². The van der Waals surface area contributed by atoms with Gasteiger partial charge in [-0.05, 0) is 12.5 Å². The maximum atomic E-state index is 13.8. The largest absolute Gasteiger partial charge is 0.464 e. The molecule has 0 bridgehead atoms. The number of hydrogen-bond donors (Lipinski definition) is 1. The third-order valence-corrected chi connectivity index (χ3v) is 4.74. The minimum absolute atomic E-state index is 0.227. The fourth-order valence-corrected chi connectivity index (χ4v) is 2.25. The van der Waals surface area contributed by atoms with Gasteiger partial charge in [-0.3, -0.25) is 9.35 Å². The van der Waals surface area contributed by atoms with Crippen LogP contribution in [0.1, 0.15) is 11.1 Å². The molecule has 1 aromatic rings. The lowest BCUT2D eigenvalue weighted by Crippen LogP contribution is -2.59. The number of benzene rings is 1. The molecule has 0 aliphatic rings. The average molecular weight is 514 g/mol. The van der Waals surface area contributed by atoms with E-state index in [9.17, 15) is 53.1 Å². The summed E-state index contributed by atoms with van der Waals surface area (Å²) in [6.07, 6.45) is -13.3. The fraction of sp³-hybridized carbons (Fsp3) is 0.412. The normalized spacial score (nSPS) is 15.0. The SMILES string of the molecule is C=C(C(=O)OC(OCC(F)(F)S(=O)(=O)O)(C(=O)Cc1ccc(C)cc1)C(F)(F)F)C(F)(F)F. The van der Waals surface area contributed by atoms with Gasteiger partial charge < -0.3 is 9.47 Å².